The summed E-state index contributed by atoms with van der Waals surface area (Å²) in [7, 11) is 1.45. The molecule has 2 aromatic rings. The van der Waals surface area contributed by atoms with Gasteiger partial charge in [0.25, 0.3) is 0 Å². The van der Waals surface area contributed by atoms with E-state index in [0.717, 1.165) is 35.9 Å². The van der Waals surface area contributed by atoms with E-state index < -0.39 is 0 Å². The maximum atomic E-state index is 11.6. The van der Waals surface area contributed by atoms with Gasteiger partial charge in [-0.1, -0.05) is 12.1 Å². The van der Waals surface area contributed by atoms with Crippen molar-refractivity contribution in [3.05, 3.63) is 29.3 Å². The molecule has 20 heavy (non-hydrogen) atoms. The molecular formula is C14H16N2O2S2. The summed E-state index contributed by atoms with van der Waals surface area (Å²) in [6, 6.07) is 8.18. The zero-order chi connectivity index (χ0) is 13.9. The summed E-state index contributed by atoms with van der Waals surface area (Å²) in [4.78, 5) is 18.6. The molecule has 106 valence electrons. The second kappa shape index (κ2) is 6.11. The van der Waals surface area contributed by atoms with Crippen LogP contribution in [0, 0.1) is 0 Å². The summed E-state index contributed by atoms with van der Waals surface area (Å²) in [6.45, 7) is 2.55. The molecule has 0 N–H and O–H groups in total. The number of ether oxygens (including phenoxy) is 1. The largest absolute Gasteiger partial charge is 0.468 e. The van der Waals surface area contributed by atoms with E-state index in [1.54, 1.807) is 23.1 Å². The van der Waals surface area contributed by atoms with Gasteiger partial charge in [-0.3, -0.25) is 9.69 Å². The Labute approximate surface area is 126 Å². The van der Waals surface area contributed by atoms with Gasteiger partial charge in [0.15, 0.2) is 0 Å². The lowest BCUT2D eigenvalue weighted by atomic mass is 10.3. The van der Waals surface area contributed by atoms with E-state index in [0.29, 0.717) is 0 Å². The lowest BCUT2D eigenvalue weighted by molar-refractivity contribution is -0.140. The number of nitrogens with zero attached hydrogens (tertiary/aromatic N) is 2. The Hall–Kier alpha value is -1.11. The van der Waals surface area contributed by atoms with E-state index in [1.165, 1.54) is 11.8 Å². The first-order chi connectivity index (χ1) is 9.76. The van der Waals surface area contributed by atoms with Gasteiger partial charge in [-0.2, -0.15) is 0 Å². The number of benzene rings is 1. The minimum Gasteiger partial charge on any atom is -0.468 e. The van der Waals surface area contributed by atoms with Crippen molar-refractivity contribution in [1.82, 2.24) is 9.88 Å². The molecule has 2 heterocycles. The topological polar surface area (TPSA) is 42.4 Å². The van der Waals surface area contributed by atoms with Crippen molar-refractivity contribution < 1.29 is 9.53 Å². The van der Waals surface area contributed by atoms with Crippen LogP contribution in [-0.4, -0.2) is 47.1 Å². The van der Waals surface area contributed by atoms with E-state index in [4.69, 9.17) is 4.74 Å². The Balaban J connectivity index is 1.69. The first-order valence-corrected chi connectivity index (χ1v) is 8.39. The van der Waals surface area contributed by atoms with Crippen molar-refractivity contribution in [2.45, 2.75) is 11.8 Å². The van der Waals surface area contributed by atoms with Gasteiger partial charge < -0.3 is 4.74 Å². The summed E-state index contributed by atoms with van der Waals surface area (Å²) < 4.78 is 6.06. The van der Waals surface area contributed by atoms with Gasteiger partial charge in [0.05, 0.1) is 23.9 Å². The molecule has 1 aliphatic rings. The van der Waals surface area contributed by atoms with E-state index in [-0.39, 0.29) is 11.2 Å². The van der Waals surface area contributed by atoms with Crippen LogP contribution in [0.5, 0.6) is 0 Å². The first kappa shape index (κ1) is 13.9. The fourth-order valence-electron chi connectivity index (χ4n) is 2.30. The molecule has 3 rings (SSSR count). The number of esters is 1. The average Bonchev–Trinajstić information content (AvgIpc) is 2.88. The smallest absolute Gasteiger partial charge is 0.320 e. The number of carbonyl (C=O) groups is 1. The van der Waals surface area contributed by atoms with Gasteiger partial charge in [0.2, 0.25) is 0 Å². The molecule has 0 aliphatic carbocycles. The molecule has 0 unspecified atom stereocenters. The standard InChI is InChI=1S/C14H16N2O2S2/c1-18-14(17)12-8-16(6-7-19-12)9-13-15-10-4-2-3-5-11(10)20-13/h2-5,12H,6-9H2,1H3/t12-/m0/s1. The minimum atomic E-state index is -0.121. The maximum absolute atomic E-state index is 11.6. The van der Waals surface area contributed by atoms with Crippen LogP contribution in [0.15, 0.2) is 24.3 Å². The molecule has 1 aromatic carbocycles. The Morgan fingerprint density at radius 2 is 2.35 bits per heavy atom. The first-order valence-electron chi connectivity index (χ1n) is 6.52. The van der Waals surface area contributed by atoms with Crippen molar-refractivity contribution in [3.8, 4) is 0 Å². The predicted octanol–water partition coefficient (Wildman–Crippen LogP) is 2.39. The van der Waals surface area contributed by atoms with Crippen LogP contribution in [0.1, 0.15) is 5.01 Å². The van der Waals surface area contributed by atoms with Crippen LogP contribution in [0.25, 0.3) is 10.2 Å². The number of carbonyl (C=O) groups excluding carboxylic acids is 1. The summed E-state index contributed by atoms with van der Waals surface area (Å²) in [5, 5.41) is 1.05. The number of rotatable bonds is 3. The monoisotopic (exact) mass is 308 g/mol. The third kappa shape index (κ3) is 2.97. The van der Waals surface area contributed by atoms with Crippen LogP contribution >= 0.6 is 23.1 Å². The second-order valence-electron chi connectivity index (χ2n) is 4.69. The van der Waals surface area contributed by atoms with Gasteiger partial charge in [-0.25, -0.2) is 4.98 Å². The highest BCUT2D eigenvalue weighted by molar-refractivity contribution is 8.00. The lowest BCUT2D eigenvalue weighted by Gasteiger charge is -2.30. The van der Waals surface area contributed by atoms with E-state index in [9.17, 15) is 4.79 Å². The molecule has 1 fully saturated rings. The molecule has 0 saturated carbocycles. The molecule has 0 radical (unpaired) electrons. The fourth-order valence-corrected chi connectivity index (χ4v) is 4.51. The number of fused-ring (bicyclic) bond motifs is 1. The predicted molar refractivity (Wildman–Crippen MR) is 83.2 cm³/mol. The number of aromatic nitrogens is 1. The van der Waals surface area contributed by atoms with Crippen LogP contribution in [0.2, 0.25) is 0 Å². The number of hydrogen-bond donors (Lipinski definition) is 0. The number of methoxy groups -OCH3 is 1. The van der Waals surface area contributed by atoms with Crippen molar-refractivity contribution in [2.75, 3.05) is 26.0 Å². The molecule has 1 atom stereocenters. The highest BCUT2D eigenvalue weighted by atomic mass is 32.2. The zero-order valence-corrected chi connectivity index (χ0v) is 12.9. The summed E-state index contributed by atoms with van der Waals surface area (Å²) >= 11 is 3.41. The van der Waals surface area contributed by atoms with Crippen molar-refractivity contribution in [1.29, 1.82) is 0 Å². The number of para-hydroxylation sites is 1. The Kier molecular flexibility index (Phi) is 4.24. The zero-order valence-electron chi connectivity index (χ0n) is 11.2. The summed E-state index contributed by atoms with van der Waals surface area (Å²) in [5.74, 6) is 0.842. The molecular weight excluding hydrogens is 292 g/mol. The third-order valence-corrected chi connectivity index (χ3v) is 5.50. The SMILES string of the molecule is COC(=O)[C@@H]1CN(Cc2nc3ccccc3s2)CCS1. The molecule has 6 heteroatoms. The molecule has 1 aromatic heterocycles. The normalized spacial score (nSPS) is 20.1. The Morgan fingerprint density at radius 3 is 3.15 bits per heavy atom. The van der Waals surface area contributed by atoms with Crippen molar-refractivity contribution >= 4 is 39.3 Å². The quantitative estimate of drug-likeness (QED) is 0.815. The Bertz CT molecular complexity index is 581. The molecule has 0 spiro atoms. The van der Waals surface area contributed by atoms with Crippen LogP contribution in [0.3, 0.4) is 0 Å². The van der Waals surface area contributed by atoms with E-state index >= 15 is 0 Å². The van der Waals surface area contributed by atoms with Crippen LogP contribution in [-0.2, 0) is 16.1 Å². The highest BCUT2D eigenvalue weighted by Crippen LogP contribution is 2.25. The summed E-state index contributed by atoms with van der Waals surface area (Å²) in [6.07, 6.45) is 0. The van der Waals surface area contributed by atoms with Gasteiger partial charge in [-0.15, -0.1) is 23.1 Å². The van der Waals surface area contributed by atoms with E-state index in [1.807, 2.05) is 18.2 Å². The van der Waals surface area contributed by atoms with Gasteiger partial charge >= 0.3 is 5.97 Å². The molecule has 1 saturated heterocycles. The summed E-state index contributed by atoms with van der Waals surface area (Å²) in [5.41, 5.74) is 1.06. The second-order valence-corrected chi connectivity index (χ2v) is 7.12. The molecule has 0 bridgehead atoms. The van der Waals surface area contributed by atoms with Gasteiger partial charge in [-0.05, 0) is 12.1 Å². The minimum absolute atomic E-state index is 0.0665. The van der Waals surface area contributed by atoms with Gasteiger partial charge in [0.1, 0.15) is 10.3 Å². The average molecular weight is 308 g/mol. The van der Waals surface area contributed by atoms with E-state index in [2.05, 4.69) is 16.0 Å². The maximum Gasteiger partial charge on any atom is 0.320 e. The third-order valence-electron chi connectivity index (χ3n) is 3.31. The number of hydrogen-bond acceptors (Lipinski definition) is 6. The lowest BCUT2D eigenvalue weighted by Crippen LogP contribution is -2.41. The fraction of sp³-hybridized carbons (Fsp3) is 0.429. The number of thioether (sulfide) groups is 1. The van der Waals surface area contributed by atoms with Crippen LogP contribution in [0.4, 0.5) is 0 Å². The van der Waals surface area contributed by atoms with Crippen molar-refractivity contribution in [2.24, 2.45) is 0 Å². The molecule has 4 nitrogen and oxygen atoms in total. The molecule has 0 amide bonds. The molecule has 1 aliphatic heterocycles. The van der Waals surface area contributed by atoms with Gasteiger partial charge in [0, 0.05) is 18.8 Å². The highest BCUT2D eigenvalue weighted by Gasteiger charge is 2.27. The number of thiazole rings is 1. The van der Waals surface area contributed by atoms with Crippen molar-refractivity contribution in [3.63, 3.8) is 0 Å². The Morgan fingerprint density at radius 1 is 1.50 bits per heavy atom. The van der Waals surface area contributed by atoms with Crippen LogP contribution < -0.4 is 0 Å².